The first-order valence-electron chi connectivity index (χ1n) is 7.71. The minimum atomic E-state index is -0.786. The summed E-state index contributed by atoms with van der Waals surface area (Å²) >= 11 is 0. The monoisotopic (exact) mass is 364 g/mol. The summed E-state index contributed by atoms with van der Waals surface area (Å²) in [5.74, 6) is -1.93. The standard InChI is InChI=1S/C19H16N4O4/c1-27-19(26)15-4-2-3-5-16(15)23-18(25)13(10-20)11-22-17(24)12-6-8-14(21)9-7-12/h2-9,11H,21H2,1H3,(H,22,24)(H,23,25)/b13-11-. The van der Waals surface area contributed by atoms with Crippen LogP contribution in [0.4, 0.5) is 11.4 Å². The van der Waals surface area contributed by atoms with E-state index in [-0.39, 0.29) is 16.8 Å². The second-order valence-electron chi connectivity index (χ2n) is 5.26. The van der Waals surface area contributed by atoms with E-state index in [1.54, 1.807) is 30.3 Å². The highest BCUT2D eigenvalue weighted by atomic mass is 16.5. The van der Waals surface area contributed by atoms with E-state index in [1.165, 1.54) is 31.4 Å². The first kappa shape index (κ1) is 19.2. The normalized spacial score (nSPS) is 10.4. The molecule has 27 heavy (non-hydrogen) atoms. The van der Waals surface area contributed by atoms with Crippen LogP contribution in [0.1, 0.15) is 20.7 Å². The Balaban J connectivity index is 2.13. The number of nitrogen functional groups attached to an aromatic ring is 1. The van der Waals surface area contributed by atoms with Gasteiger partial charge in [0.15, 0.2) is 0 Å². The summed E-state index contributed by atoms with van der Waals surface area (Å²) in [6.07, 6.45) is 0.995. The Morgan fingerprint density at radius 2 is 1.78 bits per heavy atom. The molecule has 8 heteroatoms. The van der Waals surface area contributed by atoms with Crippen molar-refractivity contribution in [2.75, 3.05) is 18.2 Å². The largest absolute Gasteiger partial charge is 0.465 e. The average molecular weight is 364 g/mol. The number of hydrogen-bond acceptors (Lipinski definition) is 6. The van der Waals surface area contributed by atoms with Crippen molar-refractivity contribution in [3.63, 3.8) is 0 Å². The summed E-state index contributed by atoms with van der Waals surface area (Å²) in [4.78, 5) is 36.1. The zero-order valence-corrected chi connectivity index (χ0v) is 14.4. The maximum atomic E-state index is 12.3. The number of rotatable bonds is 5. The molecule has 0 heterocycles. The van der Waals surface area contributed by atoms with Crippen LogP contribution in [0.15, 0.2) is 60.3 Å². The third kappa shape index (κ3) is 4.93. The maximum Gasteiger partial charge on any atom is 0.339 e. The number of benzene rings is 2. The van der Waals surface area contributed by atoms with Crippen LogP contribution >= 0.6 is 0 Å². The van der Waals surface area contributed by atoms with Crippen molar-refractivity contribution in [2.24, 2.45) is 0 Å². The van der Waals surface area contributed by atoms with E-state index in [0.717, 1.165) is 6.20 Å². The summed E-state index contributed by atoms with van der Waals surface area (Å²) in [5, 5.41) is 14.0. The lowest BCUT2D eigenvalue weighted by atomic mass is 10.1. The highest BCUT2D eigenvalue weighted by molar-refractivity contribution is 6.10. The lowest BCUT2D eigenvalue weighted by Gasteiger charge is -2.09. The maximum absolute atomic E-state index is 12.3. The van der Waals surface area contributed by atoms with Crippen molar-refractivity contribution < 1.29 is 19.1 Å². The Morgan fingerprint density at radius 3 is 2.41 bits per heavy atom. The van der Waals surface area contributed by atoms with Gasteiger partial charge >= 0.3 is 5.97 Å². The molecule has 2 aromatic rings. The second-order valence-corrected chi connectivity index (χ2v) is 5.26. The number of nitrogens with two attached hydrogens (primary N) is 1. The third-order valence-corrected chi connectivity index (χ3v) is 3.47. The van der Waals surface area contributed by atoms with Gasteiger partial charge in [0.25, 0.3) is 11.8 Å². The smallest absolute Gasteiger partial charge is 0.339 e. The number of nitriles is 1. The molecule has 0 saturated carbocycles. The number of carbonyl (C=O) groups excluding carboxylic acids is 3. The van der Waals surface area contributed by atoms with Crippen LogP contribution in [0.5, 0.6) is 0 Å². The molecule has 0 atom stereocenters. The number of methoxy groups -OCH3 is 1. The predicted octanol–water partition coefficient (Wildman–Crippen LogP) is 1.83. The molecule has 2 amide bonds. The van der Waals surface area contributed by atoms with Crippen molar-refractivity contribution in [2.45, 2.75) is 0 Å². The molecule has 2 aromatic carbocycles. The van der Waals surface area contributed by atoms with E-state index in [0.29, 0.717) is 11.3 Å². The average Bonchev–Trinajstić information content (AvgIpc) is 2.68. The van der Waals surface area contributed by atoms with Crippen LogP contribution in [0.25, 0.3) is 0 Å². The van der Waals surface area contributed by atoms with E-state index >= 15 is 0 Å². The molecule has 0 spiro atoms. The zero-order chi connectivity index (χ0) is 19.8. The van der Waals surface area contributed by atoms with E-state index < -0.39 is 17.8 Å². The number of para-hydroxylation sites is 1. The lowest BCUT2D eigenvalue weighted by molar-refractivity contribution is -0.112. The van der Waals surface area contributed by atoms with E-state index in [2.05, 4.69) is 15.4 Å². The summed E-state index contributed by atoms with van der Waals surface area (Å²) in [6, 6.07) is 14.0. The van der Waals surface area contributed by atoms with Gasteiger partial charge < -0.3 is 21.1 Å². The number of ether oxygens (including phenoxy) is 1. The van der Waals surface area contributed by atoms with Crippen LogP contribution in [0.3, 0.4) is 0 Å². The topological polar surface area (TPSA) is 134 Å². The van der Waals surface area contributed by atoms with E-state index in [4.69, 9.17) is 5.73 Å². The number of esters is 1. The number of nitrogens with zero attached hydrogens (tertiary/aromatic N) is 1. The Hall–Kier alpha value is -4.12. The van der Waals surface area contributed by atoms with Crippen molar-refractivity contribution in [3.8, 4) is 6.07 Å². The van der Waals surface area contributed by atoms with Gasteiger partial charge in [0.2, 0.25) is 0 Å². The molecule has 0 aliphatic rings. The van der Waals surface area contributed by atoms with Gasteiger partial charge in [-0.2, -0.15) is 5.26 Å². The summed E-state index contributed by atoms with van der Waals surface area (Å²) in [7, 11) is 1.22. The van der Waals surface area contributed by atoms with Crippen LogP contribution in [-0.4, -0.2) is 24.9 Å². The van der Waals surface area contributed by atoms with Crippen molar-refractivity contribution in [3.05, 3.63) is 71.4 Å². The highest BCUT2D eigenvalue weighted by Crippen LogP contribution is 2.16. The second kappa shape index (κ2) is 8.82. The lowest BCUT2D eigenvalue weighted by Crippen LogP contribution is -2.22. The summed E-state index contributed by atoms with van der Waals surface area (Å²) in [6.45, 7) is 0. The molecule has 0 radical (unpaired) electrons. The number of hydrogen-bond donors (Lipinski definition) is 3. The Labute approximate surface area is 155 Å². The Kier molecular flexibility index (Phi) is 6.28. The highest BCUT2D eigenvalue weighted by Gasteiger charge is 2.16. The Morgan fingerprint density at radius 1 is 1.11 bits per heavy atom. The van der Waals surface area contributed by atoms with Crippen molar-refractivity contribution in [1.29, 1.82) is 5.26 Å². The molecule has 0 unspecified atom stereocenters. The molecule has 8 nitrogen and oxygen atoms in total. The number of anilines is 2. The first-order chi connectivity index (χ1) is 13.0. The van der Waals surface area contributed by atoms with Crippen LogP contribution in [-0.2, 0) is 9.53 Å². The molecule has 0 aliphatic carbocycles. The molecule has 136 valence electrons. The molecule has 4 N–H and O–H groups in total. The third-order valence-electron chi connectivity index (χ3n) is 3.47. The molecule has 2 rings (SSSR count). The SMILES string of the molecule is COC(=O)c1ccccc1NC(=O)/C(C#N)=C\NC(=O)c1ccc(N)cc1. The quantitative estimate of drug-likeness (QED) is 0.321. The molecule has 0 fully saturated rings. The van der Waals surface area contributed by atoms with Crippen molar-refractivity contribution >= 4 is 29.2 Å². The fourth-order valence-electron chi connectivity index (χ4n) is 2.07. The van der Waals surface area contributed by atoms with Crippen molar-refractivity contribution in [1.82, 2.24) is 5.32 Å². The Bertz CT molecular complexity index is 943. The molecule has 0 aromatic heterocycles. The minimum absolute atomic E-state index is 0.136. The zero-order valence-electron chi connectivity index (χ0n) is 14.4. The van der Waals surface area contributed by atoms with Gasteiger partial charge in [-0.25, -0.2) is 4.79 Å². The van der Waals surface area contributed by atoms with Gasteiger partial charge in [-0.3, -0.25) is 9.59 Å². The van der Waals surface area contributed by atoms with Gasteiger partial charge in [-0.1, -0.05) is 12.1 Å². The van der Waals surface area contributed by atoms with Gasteiger partial charge in [-0.15, -0.1) is 0 Å². The number of amides is 2. The molecular formula is C19H16N4O4. The van der Waals surface area contributed by atoms with Gasteiger partial charge in [0.05, 0.1) is 18.4 Å². The first-order valence-corrected chi connectivity index (χ1v) is 7.71. The van der Waals surface area contributed by atoms with Gasteiger partial charge in [0, 0.05) is 17.5 Å². The van der Waals surface area contributed by atoms with E-state index in [9.17, 15) is 19.6 Å². The summed E-state index contributed by atoms with van der Waals surface area (Å²) in [5.41, 5.74) is 6.34. The number of nitrogens with one attached hydrogen (secondary N) is 2. The van der Waals surface area contributed by atoms with Crippen LogP contribution in [0, 0.1) is 11.3 Å². The van der Waals surface area contributed by atoms with Crippen LogP contribution < -0.4 is 16.4 Å². The van der Waals surface area contributed by atoms with E-state index in [1.807, 2.05) is 0 Å². The summed E-state index contributed by atoms with van der Waals surface area (Å²) < 4.78 is 4.65. The molecule has 0 bridgehead atoms. The molecule has 0 aliphatic heterocycles. The fraction of sp³-hybridized carbons (Fsp3) is 0.0526. The van der Waals surface area contributed by atoms with Gasteiger partial charge in [0.1, 0.15) is 11.6 Å². The van der Waals surface area contributed by atoms with Crippen LogP contribution in [0.2, 0.25) is 0 Å². The van der Waals surface area contributed by atoms with Gasteiger partial charge in [-0.05, 0) is 36.4 Å². The predicted molar refractivity (Wildman–Crippen MR) is 98.4 cm³/mol. The molecular weight excluding hydrogens is 348 g/mol. The number of carbonyl (C=O) groups is 3. The fourth-order valence-corrected chi connectivity index (χ4v) is 2.07. The molecule has 0 saturated heterocycles. The minimum Gasteiger partial charge on any atom is -0.465 e.